The molecule has 0 aromatic rings. The summed E-state index contributed by atoms with van der Waals surface area (Å²) < 4.78 is 45.3. The van der Waals surface area contributed by atoms with E-state index in [2.05, 4.69) is 29.0 Å². The number of methoxy groups -OCH3 is 2. The lowest BCUT2D eigenvalue weighted by atomic mass is 10.0. The number of Topliss-reactive ketones (excluding diaryl/α,β-unsaturated/α-hetero) is 1. The van der Waals surface area contributed by atoms with Gasteiger partial charge in [-0.15, -0.1) is 11.8 Å². The topological polar surface area (TPSA) is 202 Å². The molecule has 0 aromatic carbocycles. The molecule has 1 unspecified atom stereocenters. The number of ketones is 1. The van der Waals surface area contributed by atoms with Gasteiger partial charge in [0.15, 0.2) is 0 Å². The number of amides is 2. The molecular formula is C18H23N3O13S2. The van der Waals surface area contributed by atoms with E-state index in [0.717, 1.165) is 19.1 Å². The van der Waals surface area contributed by atoms with Crippen LogP contribution >= 0.6 is 11.8 Å². The summed E-state index contributed by atoms with van der Waals surface area (Å²) in [7, 11) is -0.479. The molecule has 16 nitrogen and oxygen atoms in total. The summed E-state index contributed by atoms with van der Waals surface area (Å²) >= 11 is 1.19. The standard InChI is InChI=1S/C18H23N3O13S2/c1-29-5-9-7-35-16-12(15(24)21(16)13(9)17(25)32-8-33-18(26)30-2)19-14(23)11(20-31-3)10(22)6-34-36(4,27)28/h12,16H,5-8H2,1-4H3,(H,19,23)/b20-11-/t12?,16-/m1/s1. The largest absolute Gasteiger partial charge is 0.510 e. The average molecular weight is 554 g/mol. The highest BCUT2D eigenvalue weighted by atomic mass is 32.2. The smallest absolute Gasteiger partial charge is 0.438 e. The van der Waals surface area contributed by atoms with Crippen molar-refractivity contribution in [3.05, 3.63) is 11.3 Å². The minimum atomic E-state index is -3.98. The Morgan fingerprint density at radius 1 is 1.17 bits per heavy atom. The van der Waals surface area contributed by atoms with Gasteiger partial charge >= 0.3 is 12.1 Å². The number of ether oxygens (including phenoxy) is 4. The average Bonchev–Trinajstić information content (AvgIpc) is 2.83. The molecule has 0 saturated carbocycles. The van der Waals surface area contributed by atoms with Crippen molar-refractivity contribution in [2.24, 2.45) is 5.16 Å². The number of carbonyl (C=O) groups excluding carboxylic acids is 5. The van der Waals surface area contributed by atoms with E-state index in [1.165, 1.54) is 18.9 Å². The van der Waals surface area contributed by atoms with Gasteiger partial charge < -0.3 is 29.1 Å². The fourth-order valence-corrected chi connectivity index (χ4v) is 4.61. The second-order valence-corrected chi connectivity index (χ2v) is 9.66. The van der Waals surface area contributed by atoms with Crippen molar-refractivity contribution in [1.29, 1.82) is 0 Å². The summed E-state index contributed by atoms with van der Waals surface area (Å²) in [6, 6.07) is -1.17. The first kappa shape index (κ1) is 29.0. The van der Waals surface area contributed by atoms with Gasteiger partial charge in [-0.1, -0.05) is 5.16 Å². The Hall–Kier alpha value is -3.22. The van der Waals surface area contributed by atoms with Gasteiger partial charge in [0, 0.05) is 12.9 Å². The number of esters is 1. The van der Waals surface area contributed by atoms with Crippen LogP contribution in [0.25, 0.3) is 0 Å². The molecule has 0 radical (unpaired) electrons. The summed E-state index contributed by atoms with van der Waals surface area (Å²) in [5, 5.41) is 4.85. The molecule has 2 amide bonds. The van der Waals surface area contributed by atoms with Crippen LogP contribution in [-0.4, -0.2) is 114 Å². The molecule has 2 rings (SSSR count). The fraction of sp³-hybridized carbons (Fsp3) is 0.556. The molecule has 0 bridgehead atoms. The highest BCUT2D eigenvalue weighted by Crippen LogP contribution is 2.40. The molecule has 18 heteroatoms. The summed E-state index contributed by atoms with van der Waals surface area (Å²) in [6.45, 7) is -1.80. The molecule has 2 heterocycles. The SMILES string of the molecule is COCC1=C(C(=O)OCOC(=O)OC)N2C(=O)C(NC(=O)/C(=N\OC)C(=O)COS(C)(=O)=O)[C@H]2SC1. The molecule has 36 heavy (non-hydrogen) atoms. The number of thioether (sulfide) groups is 1. The zero-order valence-corrected chi connectivity index (χ0v) is 21.1. The Bertz CT molecular complexity index is 1090. The molecule has 0 aliphatic carbocycles. The van der Waals surface area contributed by atoms with E-state index in [1.807, 2.05) is 0 Å². The van der Waals surface area contributed by atoms with Gasteiger partial charge in [0.05, 0.1) is 20.0 Å². The van der Waals surface area contributed by atoms with Gasteiger partial charge in [0.1, 0.15) is 30.8 Å². The molecule has 1 saturated heterocycles. The molecular weight excluding hydrogens is 530 g/mol. The van der Waals surface area contributed by atoms with Crippen molar-refractivity contribution < 1.29 is 60.4 Å². The third-order valence-electron chi connectivity index (χ3n) is 4.45. The normalized spacial score (nSPS) is 19.6. The number of nitrogens with one attached hydrogen (secondary N) is 1. The predicted octanol–water partition coefficient (Wildman–Crippen LogP) is -1.88. The van der Waals surface area contributed by atoms with Gasteiger partial charge in [-0.05, 0) is 5.57 Å². The molecule has 1 N–H and O–H groups in total. The minimum absolute atomic E-state index is 0.0116. The molecule has 2 aliphatic rings. The Morgan fingerprint density at radius 2 is 1.86 bits per heavy atom. The summed E-state index contributed by atoms with van der Waals surface area (Å²) in [5.74, 6) is -3.72. The lowest BCUT2D eigenvalue weighted by Gasteiger charge is -2.49. The lowest BCUT2D eigenvalue weighted by molar-refractivity contribution is -0.157. The van der Waals surface area contributed by atoms with Crippen molar-refractivity contribution >= 4 is 57.3 Å². The second-order valence-electron chi connectivity index (χ2n) is 6.91. The monoisotopic (exact) mass is 553 g/mol. The quantitative estimate of drug-likeness (QED) is 0.0535. The van der Waals surface area contributed by atoms with Crippen LogP contribution in [0.5, 0.6) is 0 Å². The van der Waals surface area contributed by atoms with Gasteiger partial charge in [-0.2, -0.15) is 8.42 Å². The Morgan fingerprint density at radius 3 is 2.44 bits per heavy atom. The van der Waals surface area contributed by atoms with Crippen molar-refractivity contribution in [2.75, 3.05) is 53.3 Å². The molecule has 2 aliphatic heterocycles. The van der Waals surface area contributed by atoms with E-state index in [0.29, 0.717) is 11.8 Å². The zero-order chi connectivity index (χ0) is 27.0. The van der Waals surface area contributed by atoms with Gasteiger partial charge in [-0.3, -0.25) is 23.5 Å². The van der Waals surface area contributed by atoms with Crippen LogP contribution in [0.1, 0.15) is 0 Å². The molecule has 1 fully saturated rings. The van der Waals surface area contributed by atoms with Crippen LogP contribution in [-0.2, 0) is 57.3 Å². The summed E-state index contributed by atoms with van der Waals surface area (Å²) in [5.41, 5.74) is -0.564. The minimum Gasteiger partial charge on any atom is -0.438 e. The Balaban J connectivity index is 2.15. The van der Waals surface area contributed by atoms with Crippen LogP contribution in [0.4, 0.5) is 4.79 Å². The Labute approximate surface area is 209 Å². The fourth-order valence-electron chi connectivity index (χ4n) is 2.96. The van der Waals surface area contributed by atoms with E-state index in [4.69, 9.17) is 9.47 Å². The Kier molecular flexibility index (Phi) is 10.2. The van der Waals surface area contributed by atoms with Crippen LogP contribution in [0.3, 0.4) is 0 Å². The first-order valence-electron chi connectivity index (χ1n) is 9.78. The second kappa shape index (κ2) is 12.7. The molecule has 2 atom stereocenters. The van der Waals surface area contributed by atoms with Crippen LogP contribution in [0.15, 0.2) is 16.4 Å². The van der Waals surface area contributed by atoms with Crippen LogP contribution in [0, 0.1) is 0 Å². The predicted molar refractivity (Wildman–Crippen MR) is 119 cm³/mol. The van der Waals surface area contributed by atoms with Gasteiger partial charge in [0.25, 0.3) is 21.9 Å². The molecule has 0 spiro atoms. The van der Waals surface area contributed by atoms with Crippen LogP contribution in [0.2, 0.25) is 0 Å². The number of rotatable bonds is 12. The third kappa shape index (κ3) is 7.15. The van der Waals surface area contributed by atoms with E-state index in [1.54, 1.807) is 0 Å². The lowest BCUT2D eigenvalue weighted by Crippen LogP contribution is -2.71. The number of oxime groups is 1. The number of hydrogen-bond acceptors (Lipinski definition) is 15. The van der Waals surface area contributed by atoms with Crippen molar-refractivity contribution in [2.45, 2.75) is 11.4 Å². The highest BCUT2D eigenvalue weighted by Gasteiger charge is 2.54. The van der Waals surface area contributed by atoms with Gasteiger partial charge in [-0.25, -0.2) is 9.59 Å². The van der Waals surface area contributed by atoms with E-state index in [-0.39, 0.29) is 18.1 Å². The van der Waals surface area contributed by atoms with E-state index in [9.17, 15) is 32.4 Å². The van der Waals surface area contributed by atoms with Crippen molar-refractivity contribution in [3.8, 4) is 0 Å². The zero-order valence-electron chi connectivity index (χ0n) is 19.5. The number of β-lactam (4-membered cyclic amide) rings is 1. The van der Waals surface area contributed by atoms with E-state index < -0.39 is 70.4 Å². The number of hydrogen-bond donors (Lipinski definition) is 1. The van der Waals surface area contributed by atoms with Crippen molar-refractivity contribution in [3.63, 3.8) is 0 Å². The number of nitrogens with zero attached hydrogens (tertiary/aromatic N) is 2. The first-order chi connectivity index (χ1) is 16.9. The maximum absolute atomic E-state index is 12.9. The molecule has 200 valence electrons. The van der Waals surface area contributed by atoms with Crippen molar-refractivity contribution in [1.82, 2.24) is 10.2 Å². The first-order valence-corrected chi connectivity index (χ1v) is 12.6. The van der Waals surface area contributed by atoms with E-state index >= 15 is 0 Å². The maximum Gasteiger partial charge on any atom is 0.510 e. The highest BCUT2D eigenvalue weighted by molar-refractivity contribution is 8.00. The number of fused-ring (bicyclic) bond motifs is 1. The summed E-state index contributed by atoms with van der Waals surface area (Å²) in [6.07, 6.45) is -0.371. The summed E-state index contributed by atoms with van der Waals surface area (Å²) in [4.78, 5) is 67.0. The third-order valence-corrected chi connectivity index (χ3v) is 6.33. The van der Waals surface area contributed by atoms with Crippen LogP contribution < -0.4 is 5.32 Å². The van der Waals surface area contributed by atoms with Gasteiger partial charge in [0.2, 0.25) is 18.3 Å². The maximum atomic E-state index is 12.9. The molecule has 0 aromatic heterocycles. The number of carbonyl (C=O) groups is 5.